The van der Waals surface area contributed by atoms with E-state index in [9.17, 15) is 14.4 Å². The lowest BCUT2D eigenvalue weighted by Gasteiger charge is -2.36. The second kappa shape index (κ2) is 13.4. The maximum atomic E-state index is 15.3. The topological polar surface area (TPSA) is 156 Å². The highest BCUT2D eigenvalue weighted by molar-refractivity contribution is 9.10. The Morgan fingerprint density at radius 3 is 2.40 bits per heavy atom. The highest BCUT2D eigenvalue weighted by Crippen LogP contribution is 2.34. The van der Waals surface area contributed by atoms with Crippen molar-refractivity contribution < 1.29 is 23.5 Å². The van der Waals surface area contributed by atoms with E-state index >= 15 is 4.39 Å². The minimum atomic E-state index is -1.05. The van der Waals surface area contributed by atoms with E-state index < -0.39 is 35.4 Å². The molecule has 0 bridgehead atoms. The number of halogens is 2. The van der Waals surface area contributed by atoms with Gasteiger partial charge in [0.1, 0.15) is 17.5 Å². The van der Waals surface area contributed by atoms with Gasteiger partial charge in [-0.15, -0.1) is 10.2 Å². The standard InChI is InChI=1S/C29H35BrFN7O4/c1-29(2,3)42-28(41)33-16-18-4-8-19(9-5-18)27(40)38(24(25(32)39)14-17-6-10-20(30)11-7-17)21-12-13-22(23(31)15-21)26-34-36-37-35-26/h6-7,10-13,15,18-19,24H,4-5,8-9,14,16H2,1-3H3,(H2,32,39)(H,33,41)(H,34,35,36,37)/t18-,19-,24-/m0/s1. The molecule has 1 atom stereocenters. The summed E-state index contributed by atoms with van der Waals surface area (Å²) < 4.78 is 21.5. The van der Waals surface area contributed by atoms with Crippen molar-refractivity contribution in [3.05, 3.63) is 58.3 Å². The maximum Gasteiger partial charge on any atom is 0.407 e. The molecular weight excluding hydrogens is 609 g/mol. The molecule has 0 spiro atoms. The number of benzene rings is 2. The molecule has 1 aliphatic rings. The van der Waals surface area contributed by atoms with Gasteiger partial charge in [-0.3, -0.25) is 14.5 Å². The largest absolute Gasteiger partial charge is 0.444 e. The first-order valence-electron chi connectivity index (χ1n) is 13.8. The minimum absolute atomic E-state index is 0.0663. The lowest BCUT2D eigenvalue weighted by atomic mass is 9.81. The Hall–Kier alpha value is -3.87. The number of rotatable bonds is 9. The van der Waals surface area contributed by atoms with E-state index in [1.165, 1.54) is 17.0 Å². The van der Waals surface area contributed by atoms with Crippen molar-refractivity contribution >= 4 is 39.5 Å². The van der Waals surface area contributed by atoms with Crippen LogP contribution in [0.1, 0.15) is 52.0 Å². The van der Waals surface area contributed by atoms with Gasteiger partial charge < -0.3 is 15.8 Å². The minimum Gasteiger partial charge on any atom is -0.444 e. The molecule has 11 nitrogen and oxygen atoms in total. The monoisotopic (exact) mass is 643 g/mol. The molecule has 4 rings (SSSR count). The summed E-state index contributed by atoms with van der Waals surface area (Å²) in [6, 6.07) is 10.5. The van der Waals surface area contributed by atoms with Crippen molar-refractivity contribution in [2.24, 2.45) is 17.6 Å². The number of ether oxygens (including phenoxy) is 1. The molecule has 2 aromatic carbocycles. The zero-order valence-corrected chi connectivity index (χ0v) is 25.4. The van der Waals surface area contributed by atoms with Gasteiger partial charge in [-0.05, 0) is 93.5 Å². The Morgan fingerprint density at radius 2 is 1.83 bits per heavy atom. The van der Waals surface area contributed by atoms with Crippen molar-refractivity contribution in [2.75, 3.05) is 11.4 Å². The van der Waals surface area contributed by atoms with Crippen LogP contribution in [0.3, 0.4) is 0 Å². The zero-order chi connectivity index (χ0) is 30.4. The van der Waals surface area contributed by atoms with Crippen molar-refractivity contribution in [2.45, 2.75) is 64.5 Å². The van der Waals surface area contributed by atoms with Crippen LogP contribution >= 0.6 is 15.9 Å². The van der Waals surface area contributed by atoms with Gasteiger partial charge in [0.25, 0.3) is 0 Å². The molecule has 1 fully saturated rings. The lowest BCUT2D eigenvalue weighted by Crippen LogP contribution is -2.52. The van der Waals surface area contributed by atoms with Crippen molar-refractivity contribution in [1.82, 2.24) is 25.9 Å². The quantitative estimate of drug-likeness (QED) is 0.309. The fourth-order valence-corrected chi connectivity index (χ4v) is 5.35. The van der Waals surface area contributed by atoms with E-state index in [0.717, 1.165) is 10.0 Å². The molecule has 0 unspecified atom stereocenters. The number of aromatic nitrogens is 4. The summed E-state index contributed by atoms with van der Waals surface area (Å²) in [5, 5.41) is 16.2. The predicted octanol–water partition coefficient (Wildman–Crippen LogP) is 4.53. The fraction of sp³-hybridized carbons (Fsp3) is 0.448. The SMILES string of the molecule is CC(C)(C)OC(=O)NC[C@H]1CC[C@H](C(=O)N(c2ccc(-c3nn[nH]n3)c(F)c2)[C@@H](Cc2ccc(Br)cc2)C(N)=O)CC1. The van der Waals surface area contributed by atoms with Crippen molar-refractivity contribution in [3.63, 3.8) is 0 Å². The Bertz CT molecular complexity index is 1390. The number of alkyl carbamates (subject to hydrolysis) is 1. The molecule has 4 N–H and O–H groups in total. The molecule has 1 saturated carbocycles. The van der Waals surface area contributed by atoms with E-state index in [2.05, 4.69) is 41.9 Å². The Labute approximate surface area is 251 Å². The fourth-order valence-electron chi connectivity index (χ4n) is 5.09. The summed E-state index contributed by atoms with van der Waals surface area (Å²) in [7, 11) is 0. The molecule has 3 aromatic rings. The number of anilines is 1. The van der Waals surface area contributed by atoms with Crippen LogP contribution in [0.4, 0.5) is 14.9 Å². The van der Waals surface area contributed by atoms with Crippen LogP contribution in [0.2, 0.25) is 0 Å². The van der Waals surface area contributed by atoms with Crippen LogP contribution in [0, 0.1) is 17.7 Å². The smallest absolute Gasteiger partial charge is 0.407 e. The Kier molecular flexibility index (Phi) is 9.92. The first-order valence-corrected chi connectivity index (χ1v) is 14.6. The van der Waals surface area contributed by atoms with E-state index in [-0.39, 0.29) is 35.3 Å². The molecule has 224 valence electrons. The van der Waals surface area contributed by atoms with Crippen LogP contribution in [-0.2, 0) is 20.7 Å². The number of primary amides is 1. The van der Waals surface area contributed by atoms with Gasteiger partial charge in [0.05, 0.1) is 5.56 Å². The van der Waals surface area contributed by atoms with Crippen LogP contribution in [0.5, 0.6) is 0 Å². The van der Waals surface area contributed by atoms with Crippen molar-refractivity contribution in [1.29, 1.82) is 0 Å². The van der Waals surface area contributed by atoms with Gasteiger partial charge in [-0.1, -0.05) is 28.1 Å². The number of H-pyrrole nitrogens is 1. The van der Waals surface area contributed by atoms with Crippen molar-refractivity contribution in [3.8, 4) is 11.4 Å². The molecule has 42 heavy (non-hydrogen) atoms. The first-order chi connectivity index (χ1) is 19.9. The van der Waals surface area contributed by atoms with Crippen LogP contribution in [0.25, 0.3) is 11.4 Å². The van der Waals surface area contributed by atoms with Gasteiger partial charge in [-0.25, -0.2) is 9.18 Å². The van der Waals surface area contributed by atoms with Gasteiger partial charge in [0, 0.05) is 29.0 Å². The summed E-state index contributed by atoms with van der Waals surface area (Å²) in [5.41, 5.74) is 6.39. The highest BCUT2D eigenvalue weighted by atomic mass is 79.9. The zero-order valence-electron chi connectivity index (χ0n) is 23.8. The molecule has 13 heteroatoms. The second-order valence-electron chi connectivity index (χ2n) is 11.5. The molecule has 0 aliphatic heterocycles. The predicted molar refractivity (Wildman–Crippen MR) is 158 cm³/mol. The number of nitrogens with one attached hydrogen (secondary N) is 2. The summed E-state index contributed by atoms with van der Waals surface area (Å²) in [5.74, 6) is -1.84. The number of nitrogens with two attached hydrogens (primary N) is 1. The number of aromatic amines is 1. The number of carbonyl (C=O) groups is 3. The number of carbonyl (C=O) groups excluding carboxylic acids is 3. The number of hydrogen-bond acceptors (Lipinski definition) is 7. The van der Waals surface area contributed by atoms with E-state index in [0.29, 0.717) is 32.2 Å². The molecule has 0 radical (unpaired) electrons. The third-order valence-electron chi connectivity index (χ3n) is 7.17. The summed E-state index contributed by atoms with van der Waals surface area (Å²) in [4.78, 5) is 40.4. The number of tetrazole rings is 1. The normalized spacial score (nSPS) is 17.7. The van der Waals surface area contributed by atoms with Gasteiger partial charge in [0.2, 0.25) is 17.6 Å². The molecule has 1 heterocycles. The van der Waals surface area contributed by atoms with Crippen LogP contribution in [-0.4, -0.2) is 56.7 Å². The first kappa shape index (κ1) is 31.1. The molecule has 0 saturated heterocycles. The number of amides is 3. The van der Waals surface area contributed by atoms with E-state index in [4.69, 9.17) is 10.5 Å². The van der Waals surface area contributed by atoms with E-state index in [1.807, 2.05) is 24.3 Å². The Morgan fingerprint density at radius 1 is 1.14 bits per heavy atom. The van der Waals surface area contributed by atoms with Gasteiger partial charge in [-0.2, -0.15) is 5.21 Å². The average Bonchev–Trinajstić information content (AvgIpc) is 3.47. The maximum absolute atomic E-state index is 15.3. The average molecular weight is 645 g/mol. The number of hydrogen-bond donors (Lipinski definition) is 3. The summed E-state index contributed by atoms with van der Waals surface area (Å²) >= 11 is 3.40. The molecular formula is C29H35BrFN7O4. The molecule has 3 amide bonds. The highest BCUT2D eigenvalue weighted by Gasteiger charge is 2.36. The van der Waals surface area contributed by atoms with Gasteiger partial charge in [0.15, 0.2) is 0 Å². The molecule has 1 aliphatic carbocycles. The number of nitrogens with zero attached hydrogens (tertiary/aromatic N) is 4. The third kappa shape index (κ3) is 8.11. The summed E-state index contributed by atoms with van der Waals surface area (Å²) in [6.45, 7) is 5.84. The molecule has 1 aromatic heterocycles. The second-order valence-corrected chi connectivity index (χ2v) is 12.4. The summed E-state index contributed by atoms with van der Waals surface area (Å²) in [6.07, 6.45) is 2.15. The van der Waals surface area contributed by atoms with E-state index in [1.54, 1.807) is 26.8 Å². The van der Waals surface area contributed by atoms with Gasteiger partial charge >= 0.3 is 6.09 Å². The van der Waals surface area contributed by atoms with Crippen LogP contribution in [0.15, 0.2) is 46.9 Å². The van der Waals surface area contributed by atoms with Crippen LogP contribution < -0.4 is 16.0 Å². The lowest BCUT2D eigenvalue weighted by molar-refractivity contribution is -0.127. The Balaban J connectivity index is 1.55. The third-order valence-corrected chi connectivity index (χ3v) is 7.70.